The number of nitrogens with zero attached hydrogens (tertiary/aromatic N) is 4. The molecule has 1 N–H and O–H groups in total. The molecule has 1 saturated carbocycles. The summed E-state index contributed by atoms with van der Waals surface area (Å²) in [6.45, 7) is 11.9. The van der Waals surface area contributed by atoms with Gasteiger partial charge in [-0.25, -0.2) is 0 Å². The molecule has 0 spiro atoms. The first-order valence-electron chi connectivity index (χ1n) is 17.5. The zero-order valence-corrected chi connectivity index (χ0v) is 29.2. The molecule has 1 aliphatic heterocycles. The molecule has 1 saturated heterocycles. The SMILES string of the molecule is CC(C)CCN(CC1CC1)C(C)c1ccccc1N1CCN(C(=O)C(Cc2ccc(Cl)cc2)NC(=O)c2ccc3ncccc3c2)CC1. The summed E-state index contributed by atoms with van der Waals surface area (Å²) in [4.78, 5) is 39.1. The minimum atomic E-state index is -0.709. The van der Waals surface area contributed by atoms with Gasteiger partial charge in [0.25, 0.3) is 5.91 Å². The van der Waals surface area contributed by atoms with Gasteiger partial charge in [-0.15, -0.1) is 0 Å². The number of pyridine rings is 1. The van der Waals surface area contributed by atoms with Gasteiger partial charge in [0.15, 0.2) is 0 Å². The molecule has 6 rings (SSSR count). The molecule has 2 heterocycles. The van der Waals surface area contributed by atoms with Crippen LogP contribution in [-0.2, 0) is 11.2 Å². The van der Waals surface area contributed by atoms with Crippen molar-refractivity contribution in [1.29, 1.82) is 0 Å². The van der Waals surface area contributed by atoms with Gasteiger partial charge in [-0.1, -0.05) is 61.8 Å². The molecule has 7 nitrogen and oxygen atoms in total. The number of hydrogen-bond acceptors (Lipinski definition) is 5. The molecular formula is C40H48ClN5O2. The van der Waals surface area contributed by atoms with Crippen molar-refractivity contribution in [3.8, 4) is 0 Å². The van der Waals surface area contributed by atoms with Gasteiger partial charge in [0, 0.05) is 73.0 Å². The maximum atomic E-state index is 14.1. The summed E-state index contributed by atoms with van der Waals surface area (Å²) in [6.07, 6.45) is 6.01. The summed E-state index contributed by atoms with van der Waals surface area (Å²) in [6, 6.07) is 25.1. The van der Waals surface area contributed by atoms with Crippen LogP contribution in [0.25, 0.3) is 10.9 Å². The Morgan fingerprint density at radius 2 is 1.69 bits per heavy atom. The van der Waals surface area contributed by atoms with Crippen molar-refractivity contribution in [3.05, 3.63) is 107 Å². The average molecular weight is 666 g/mol. The van der Waals surface area contributed by atoms with E-state index in [-0.39, 0.29) is 11.8 Å². The number of para-hydroxylation sites is 1. The highest BCUT2D eigenvalue weighted by Gasteiger charge is 2.32. The Morgan fingerprint density at radius 3 is 2.42 bits per heavy atom. The fraction of sp³-hybridized carbons (Fsp3) is 0.425. The van der Waals surface area contributed by atoms with Crippen LogP contribution in [0.2, 0.25) is 5.02 Å². The zero-order chi connectivity index (χ0) is 33.6. The van der Waals surface area contributed by atoms with Crippen molar-refractivity contribution in [2.45, 2.75) is 58.5 Å². The van der Waals surface area contributed by atoms with E-state index in [4.69, 9.17) is 11.6 Å². The Hall–Kier alpha value is -3.94. The lowest BCUT2D eigenvalue weighted by molar-refractivity contribution is -0.133. The normalized spacial score (nSPS) is 16.4. The van der Waals surface area contributed by atoms with Crippen LogP contribution in [0.15, 0.2) is 85.1 Å². The van der Waals surface area contributed by atoms with E-state index < -0.39 is 6.04 Å². The summed E-state index contributed by atoms with van der Waals surface area (Å²) in [5.74, 6) is 1.17. The van der Waals surface area contributed by atoms with Gasteiger partial charge in [0.1, 0.15) is 6.04 Å². The first-order chi connectivity index (χ1) is 23.2. The predicted molar refractivity (Wildman–Crippen MR) is 196 cm³/mol. The van der Waals surface area contributed by atoms with Crippen molar-refractivity contribution >= 4 is 40.0 Å². The van der Waals surface area contributed by atoms with Crippen molar-refractivity contribution < 1.29 is 9.59 Å². The van der Waals surface area contributed by atoms with E-state index in [1.807, 2.05) is 53.4 Å². The van der Waals surface area contributed by atoms with Gasteiger partial charge in [0.2, 0.25) is 5.91 Å². The second-order valence-corrected chi connectivity index (χ2v) is 14.4. The van der Waals surface area contributed by atoms with Crippen molar-refractivity contribution in [2.75, 3.05) is 44.2 Å². The Bertz CT molecular complexity index is 1700. The lowest BCUT2D eigenvalue weighted by Crippen LogP contribution is -2.55. The fourth-order valence-electron chi connectivity index (χ4n) is 6.73. The maximum absolute atomic E-state index is 14.1. The average Bonchev–Trinajstić information content (AvgIpc) is 3.94. The number of nitrogens with one attached hydrogen (secondary N) is 1. The number of carbonyl (C=O) groups is 2. The van der Waals surface area contributed by atoms with E-state index in [1.165, 1.54) is 37.1 Å². The van der Waals surface area contributed by atoms with Gasteiger partial charge in [-0.05, 0) is 98.2 Å². The lowest BCUT2D eigenvalue weighted by Gasteiger charge is -2.40. The topological polar surface area (TPSA) is 68.8 Å². The third-order valence-corrected chi connectivity index (χ3v) is 10.1. The molecule has 48 heavy (non-hydrogen) atoms. The first-order valence-corrected chi connectivity index (χ1v) is 17.9. The highest BCUT2D eigenvalue weighted by molar-refractivity contribution is 6.30. The zero-order valence-electron chi connectivity index (χ0n) is 28.4. The molecule has 2 fully saturated rings. The summed E-state index contributed by atoms with van der Waals surface area (Å²) in [5, 5.41) is 4.59. The molecule has 0 radical (unpaired) electrons. The molecule has 2 aliphatic rings. The third-order valence-electron chi connectivity index (χ3n) is 9.87. The first kappa shape index (κ1) is 33.9. The van der Waals surface area contributed by atoms with Crippen molar-refractivity contribution in [3.63, 3.8) is 0 Å². The van der Waals surface area contributed by atoms with Gasteiger partial charge in [0.05, 0.1) is 5.52 Å². The largest absolute Gasteiger partial charge is 0.368 e. The summed E-state index contributed by atoms with van der Waals surface area (Å²) in [5.41, 5.74) is 4.89. The molecule has 3 aromatic carbocycles. The van der Waals surface area contributed by atoms with Crippen LogP contribution in [0.3, 0.4) is 0 Å². The highest BCUT2D eigenvalue weighted by Crippen LogP contribution is 2.36. The third kappa shape index (κ3) is 8.55. The quantitative estimate of drug-likeness (QED) is 0.161. The summed E-state index contributed by atoms with van der Waals surface area (Å²) in [7, 11) is 0. The number of amides is 2. The van der Waals surface area contributed by atoms with Crippen LogP contribution in [0.1, 0.15) is 67.6 Å². The van der Waals surface area contributed by atoms with Crippen LogP contribution in [-0.4, -0.2) is 71.9 Å². The Kier molecular flexibility index (Phi) is 11.0. The summed E-state index contributed by atoms with van der Waals surface area (Å²) >= 11 is 6.15. The van der Waals surface area contributed by atoms with E-state index in [0.717, 1.165) is 42.0 Å². The summed E-state index contributed by atoms with van der Waals surface area (Å²) < 4.78 is 0. The van der Waals surface area contributed by atoms with Gasteiger partial charge in [-0.3, -0.25) is 19.5 Å². The molecule has 252 valence electrons. The van der Waals surface area contributed by atoms with Crippen LogP contribution in [0.4, 0.5) is 5.69 Å². The van der Waals surface area contributed by atoms with Crippen LogP contribution >= 0.6 is 11.6 Å². The number of fused-ring (bicyclic) bond motifs is 1. The lowest BCUT2D eigenvalue weighted by atomic mass is 10.0. The van der Waals surface area contributed by atoms with Crippen LogP contribution in [0, 0.1) is 11.8 Å². The molecule has 2 atom stereocenters. The van der Waals surface area contributed by atoms with E-state index in [2.05, 4.69) is 65.1 Å². The Morgan fingerprint density at radius 1 is 0.938 bits per heavy atom. The van der Waals surface area contributed by atoms with Crippen LogP contribution < -0.4 is 10.2 Å². The predicted octanol–water partition coefficient (Wildman–Crippen LogP) is 7.40. The smallest absolute Gasteiger partial charge is 0.251 e. The molecule has 2 amide bonds. The van der Waals surface area contributed by atoms with Crippen molar-refractivity contribution in [1.82, 2.24) is 20.1 Å². The van der Waals surface area contributed by atoms with Crippen molar-refractivity contribution in [2.24, 2.45) is 11.8 Å². The second kappa shape index (κ2) is 15.5. The monoisotopic (exact) mass is 665 g/mol. The molecule has 8 heteroatoms. The molecular weight excluding hydrogens is 618 g/mol. The number of benzene rings is 3. The Labute approximate surface area is 290 Å². The van der Waals surface area contributed by atoms with E-state index >= 15 is 0 Å². The van der Waals surface area contributed by atoms with E-state index in [9.17, 15) is 9.59 Å². The number of aromatic nitrogens is 1. The van der Waals surface area contributed by atoms with E-state index in [1.54, 1.807) is 12.3 Å². The van der Waals surface area contributed by atoms with Gasteiger partial charge in [-0.2, -0.15) is 0 Å². The number of piperazine rings is 1. The number of halogens is 1. The second-order valence-electron chi connectivity index (χ2n) is 13.9. The van der Waals surface area contributed by atoms with Crippen LogP contribution in [0.5, 0.6) is 0 Å². The fourth-order valence-corrected chi connectivity index (χ4v) is 6.85. The number of rotatable bonds is 13. The molecule has 0 bridgehead atoms. The number of anilines is 1. The molecule has 4 aromatic rings. The molecule has 1 aromatic heterocycles. The minimum Gasteiger partial charge on any atom is -0.368 e. The number of carbonyl (C=O) groups excluding carboxylic acids is 2. The molecule has 2 unspecified atom stereocenters. The molecule has 1 aliphatic carbocycles. The van der Waals surface area contributed by atoms with E-state index in [0.29, 0.717) is 42.1 Å². The van der Waals surface area contributed by atoms with Gasteiger partial charge >= 0.3 is 0 Å². The Balaban J connectivity index is 1.15. The highest BCUT2D eigenvalue weighted by atomic mass is 35.5. The standard InChI is InChI=1S/C40H48ClN5O2/c1-28(2)18-20-46(27-31-10-11-31)29(3)35-8-4-5-9-38(35)44-21-23-45(24-22-44)40(48)37(25-30-12-15-34(41)16-13-30)43-39(47)33-14-17-36-32(26-33)7-6-19-42-36/h4-9,12-17,19,26,28-29,31,37H,10-11,18,20-25,27H2,1-3H3,(H,43,47). The van der Waals surface area contributed by atoms with Gasteiger partial charge < -0.3 is 15.1 Å². The maximum Gasteiger partial charge on any atom is 0.251 e. The minimum absolute atomic E-state index is 0.0636. The number of hydrogen-bond donors (Lipinski definition) is 1.